The molecule has 0 spiro atoms. The van der Waals surface area contributed by atoms with Gasteiger partial charge in [-0.15, -0.1) is 0 Å². The Bertz CT molecular complexity index is 686. The van der Waals surface area contributed by atoms with Crippen LogP contribution in [0.3, 0.4) is 0 Å². The Morgan fingerprint density at radius 3 is 2.90 bits per heavy atom. The summed E-state index contributed by atoms with van der Waals surface area (Å²) in [4.78, 5) is 23.0. The molecule has 0 aromatic carbocycles. The normalized spacial score (nSPS) is 10.1. The van der Waals surface area contributed by atoms with Crippen molar-refractivity contribution in [2.24, 2.45) is 0 Å². The van der Waals surface area contributed by atoms with Crippen LogP contribution in [0.1, 0.15) is 28.5 Å². The van der Waals surface area contributed by atoms with Crippen molar-refractivity contribution in [1.29, 1.82) is 5.26 Å². The summed E-state index contributed by atoms with van der Waals surface area (Å²) in [5.74, 6) is -0.163. The number of anilines is 1. The van der Waals surface area contributed by atoms with E-state index >= 15 is 0 Å². The van der Waals surface area contributed by atoms with Crippen LogP contribution in [0.15, 0.2) is 12.4 Å². The molecule has 2 aromatic rings. The van der Waals surface area contributed by atoms with E-state index in [-0.39, 0.29) is 23.4 Å². The minimum Gasteiger partial charge on any atom is -0.462 e. The highest BCUT2D eigenvalue weighted by Crippen LogP contribution is 2.28. The smallest absolute Gasteiger partial charge is 0.342 e. The molecule has 0 aliphatic carbocycles. The van der Waals surface area contributed by atoms with Gasteiger partial charge in [-0.3, -0.25) is 0 Å². The Labute approximate surface area is 115 Å². The highest BCUT2D eigenvalue weighted by Gasteiger charge is 2.23. The standard InChI is InChI=1S/C13H13N5O2/c1-3-20-13(19)9-7(2)18-11(8(6-14)10(9)15)12-16-4-5-17-12/h4-5H,3H2,1-2H3,(H2,15,18)(H,16,17). The first-order valence-electron chi connectivity index (χ1n) is 5.97. The van der Waals surface area contributed by atoms with Crippen LogP contribution in [-0.4, -0.2) is 27.5 Å². The van der Waals surface area contributed by atoms with Gasteiger partial charge in [0.2, 0.25) is 0 Å². The third-order valence-corrected chi connectivity index (χ3v) is 2.73. The monoisotopic (exact) mass is 271 g/mol. The number of H-pyrrole nitrogens is 1. The lowest BCUT2D eigenvalue weighted by molar-refractivity contribution is 0.0526. The van der Waals surface area contributed by atoms with Gasteiger partial charge in [0.05, 0.1) is 18.0 Å². The fourth-order valence-corrected chi connectivity index (χ4v) is 1.87. The molecule has 0 radical (unpaired) electrons. The van der Waals surface area contributed by atoms with E-state index in [0.29, 0.717) is 17.2 Å². The third kappa shape index (κ3) is 2.19. The SMILES string of the molecule is CCOC(=O)c1c(C)nc(-c2ncc[nH]2)c(C#N)c1N. The molecule has 0 bridgehead atoms. The molecule has 20 heavy (non-hydrogen) atoms. The Kier molecular flexibility index (Phi) is 3.66. The van der Waals surface area contributed by atoms with Crippen LogP contribution in [0, 0.1) is 18.3 Å². The van der Waals surface area contributed by atoms with Gasteiger partial charge in [0.15, 0.2) is 5.82 Å². The fourth-order valence-electron chi connectivity index (χ4n) is 1.87. The fraction of sp³-hybridized carbons (Fsp3) is 0.231. The zero-order valence-electron chi connectivity index (χ0n) is 11.1. The molecule has 2 heterocycles. The predicted octanol–water partition coefficient (Wildman–Crippen LogP) is 1.41. The number of nitriles is 1. The third-order valence-electron chi connectivity index (χ3n) is 2.73. The number of carbonyl (C=O) groups is 1. The summed E-state index contributed by atoms with van der Waals surface area (Å²) >= 11 is 0. The number of ether oxygens (including phenoxy) is 1. The lowest BCUT2D eigenvalue weighted by atomic mass is 10.0. The first-order valence-corrected chi connectivity index (χ1v) is 5.97. The van der Waals surface area contributed by atoms with E-state index in [0.717, 1.165) is 0 Å². The summed E-state index contributed by atoms with van der Waals surface area (Å²) in [5, 5.41) is 9.26. The molecule has 0 fully saturated rings. The van der Waals surface area contributed by atoms with E-state index in [1.54, 1.807) is 26.2 Å². The maximum Gasteiger partial charge on any atom is 0.342 e. The number of aromatic nitrogens is 3. The van der Waals surface area contributed by atoms with Crippen molar-refractivity contribution < 1.29 is 9.53 Å². The lowest BCUT2D eigenvalue weighted by Gasteiger charge is -2.12. The molecule has 0 aliphatic rings. The number of hydrogen-bond donors (Lipinski definition) is 2. The minimum atomic E-state index is -0.586. The number of esters is 1. The summed E-state index contributed by atoms with van der Waals surface area (Å²) in [5.41, 5.74) is 6.93. The van der Waals surface area contributed by atoms with E-state index in [2.05, 4.69) is 15.0 Å². The molecule has 7 nitrogen and oxygen atoms in total. The molecule has 2 rings (SSSR count). The summed E-state index contributed by atoms with van der Waals surface area (Å²) in [6.45, 7) is 3.55. The van der Waals surface area contributed by atoms with E-state index in [9.17, 15) is 10.1 Å². The molecule has 0 saturated heterocycles. The van der Waals surface area contributed by atoms with Crippen LogP contribution in [0.2, 0.25) is 0 Å². The van der Waals surface area contributed by atoms with Gasteiger partial charge >= 0.3 is 5.97 Å². The average molecular weight is 271 g/mol. The van der Waals surface area contributed by atoms with Gasteiger partial charge < -0.3 is 15.5 Å². The molecule has 0 unspecified atom stereocenters. The molecular weight excluding hydrogens is 258 g/mol. The van der Waals surface area contributed by atoms with Crippen LogP contribution in [0.5, 0.6) is 0 Å². The number of aromatic amines is 1. The number of nitrogen functional groups attached to an aromatic ring is 1. The Balaban J connectivity index is 2.66. The highest BCUT2D eigenvalue weighted by molar-refractivity contribution is 5.98. The Morgan fingerprint density at radius 1 is 1.60 bits per heavy atom. The quantitative estimate of drug-likeness (QED) is 0.815. The number of carbonyl (C=O) groups excluding carboxylic acids is 1. The van der Waals surface area contributed by atoms with E-state index in [1.807, 2.05) is 6.07 Å². The number of hydrogen-bond acceptors (Lipinski definition) is 6. The van der Waals surface area contributed by atoms with Gasteiger partial charge in [-0.05, 0) is 13.8 Å². The predicted molar refractivity (Wildman–Crippen MR) is 71.6 cm³/mol. The van der Waals surface area contributed by atoms with Crippen LogP contribution in [-0.2, 0) is 4.74 Å². The van der Waals surface area contributed by atoms with Crippen molar-refractivity contribution in [2.45, 2.75) is 13.8 Å². The topological polar surface area (TPSA) is 118 Å². The van der Waals surface area contributed by atoms with Crippen LogP contribution < -0.4 is 5.73 Å². The number of nitrogens with zero attached hydrogens (tertiary/aromatic N) is 3. The van der Waals surface area contributed by atoms with Gasteiger partial charge in [0.25, 0.3) is 0 Å². The van der Waals surface area contributed by atoms with Crippen molar-refractivity contribution in [3.05, 3.63) is 29.2 Å². The Hall–Kier alpha value is -2.88. The van der Waals surface area contributed by atoms with Crippen molar-refractivity contribution in [1.82, 2.24) is 15.0 Å². The van der Waals surface area contributed by atoms with Gasteiger partial charge in [-0.1, -0.05) is 0 Å². The van der Waals surface area contributed by atoms with Gasteiger partial charge in [-0.2, -0.15) is 5.26 Å². The number of imidazole rings is 1. The number of pyridine rings is 1. The lowest BCUT2D eigenvalue weighted by Crippen LogP contribution is -2.14. The van der Waals surface area contributed by atoms with Crippen molar-refractivity contribution >= 4 is 11.7 Å². The second kappa shape index (κ2) is 5.40. The maximum atomic E-state index is 11.9. The van der Waals surface area contributed by atoms with Crippen molar-refractivity contribution in [3.8, 4) is 17.6 Å². The molecule has 0 amide bonds. The number of rotatable bonds is 3. The van der Waals surface area contributed by atoms with Crippen molar-refractivity contribution in [3.63, 3.8) is 0 Å². The average Bonchev–Trinajstić information content (AvgIpc) is 2.92. The molecule has 0 saturated carbocycles. The summed E-state index contributed by atoms with van der Waals surface area (Å²) in [7, 11) is 0. The van der Waals surface area contributed by atoms with Gasteiger partial charge in [-0.25, -0.2) is 14.8 Å². The Morgan fingerprint density at radius 2 is 2.35 bits per heavy atom. The summed E-state index contributed by atoms with van der Waals surface area (Å²) in [6, 6.07) is 1.96. The second-order valence-corrected chi connectivity index (χ2v) is 3.98. The zero-order valence-corrected chi connectivity index (χ0v) is 11.1. The van der Waals surface area contributed by atoms with Crippen LogP contribution in [0.25, 0.3) is 11.5 Å². The largest absolute Gasteiger partial charge is 0.462 e. The zero-order chi connectivity index (χ0) is 14.7. The minimum absolute atomic E-state index is 0.0600. The molecule has 102 valence electrons. The molecule has 3 N–H and O–H groups in total. The first-order chi connectivity index (χ1) is 9.60. The number of nitrogens with two attached hydrogens (primary N) is 1. The van der Waals surface area contributed by atoms with Gasteiger partial charge in [0.1, 0.15) is 22.9 Å². The first kappa shape index (κ1) is 13.5. The molecule has 2 aromatic heterocycles. The van der Waals surface area contributed by atoms with Crippen molar-refractivity contribution in [2.75, 3.05) is 12.3 Å². The molecule has 0 aliphatic heterocycles. The highest BCUT2D eigenvalue weighted by atomic mass is 16.5. The molecule has 7 heteroatoms. The summed E-state index contributed by atoms with van der Waals surface area (Å²) < 4.78 is 4.93. The molecular formula is C13H13N5O2. The van der Waals surface area contributed by atoms with E-state index in [4.69, 9.17) is 10.5 Å². The van der Waals surface area contributed by atoms with E-state index < -0.39 is 5.97 Å². The number of nitrogens with one attached hydrogen (secondary N) is 1. The van der Waals surface area contributed by atoms with E-state index in [1.165, 1.54) is 0 Å². The second-order valence-electron chi connectivity index (χ2n) is 3.98. The molecule has 0 atom stereocenters. The van der Waals surface area contributed by atoms with Crippen LogP contribution in [0.4, 0.5) is 5.69 Å². The maximum absolute atomic E-state index is 11.9. The number of aryl methyl sites for hydroxylation is 1. The van der Waals surface area contributed by atoms with Crippen LogP contribution >= 0.6 is 0 Å². The summed E-state index contributed by atoms with van der Waals surface area (Å²) in [6.07, 6.45) is 3.16. The van der Waals surface area contributed by atoms with Gasteiger partial charge in [0, 0.05) is 12.4 Å².